The zero-order valence-electron chi connectivity index (χ0n) is 12.3. The number of hydrogen-bond donors (Lipinski definition) is 0. The van der Waals surface area contributed by atoms with Gasteiger partial charge in [-0.3, -0.25) is 0 Å². The molecule has 0 aliphatic rings. The fourth-order valence-corrected chi connectivity index (χ4v) is 3.50. The summed E-state index contributed by atoms with van der Waals surface area (Å²) >= 11 is 1.68. The van der Waals surface area contributed by atoms with Crippen LogP contribution in [0, 0.1) is 5.82 Å². The van der Waals surface area contributed by atoms with Crippen molar-refractivity contribution in [1.82, 2.24) is 4.98 Å². The number of para-hydroxylation sites is 1. The van der Waals surface area contributed by atoms with Gasteiger partial charge in [0.05, 0.1) is 15.8 Å². The summed E-state index contributed by atoms with van der Waals surface area (Å²) in [7, 11) is 0. The predicted octanol–water partition coefficient (Wildman–Crippen LogP) is 4.44. The number of thiazole rings is 1. The highest BCUT2D eigenvalue weighted by molar-refractivity contribution is 7.21. The Morgan fingerprint density at radius 3 is 2.43 bits per heavy atom. The van der Waals surface area contributed by atoms with Gasteiger partial charge in [0.15, 0.2) is 18.9 Å². The third kappa shape index (κ3) is 2.85. The van der Waals surface area contributed by atoms with E-state index in [0.717, 1.165) is 16.1 Å². The number of rotatable bonds is 3. The molecule has 0 bridgehead atoms. The van der Waals surface area contributed by atoms with Crippen LogP contribution in [0.4, 0.5) is 4.39 Å². The molecule has 0 aliphatic heterocycles. The molecule has 2 heterocycles. The molecule has 0 radical (unpaired) electrons. The van der Waals surface area contributed by atoms with E-state index in [0.29, 0.717) is 12.1 Å². The van der Waals surface area contributed by atoms with Crippen LogP contribution in [0.1, 0.15) is 5.56 Å². The molecule has 112 valence electrons. The summed E-state index contributed by atoms with van der Waals surface area (Å²) in [6.07, 6.45) is 3.93. The molecule has 23 heavy (non-hydrogen) atoms. The summed E-state index contributed by atoms with van der Waals surface area (Å²) in [4.78, 5) is 4.66. The van der Waals surface area contributed by atoms with Gasteiger partial charge in [0.1, 0.15) is 10.8 Å². The monoisotopic (exact) mass is 321 g/mol. The number of hydrogen-bond acceptors (Lipinski definition) is 2. The number of aromatic nitrogens is 2. The van der Waals surface area contributed by atoms with Gasteiger partial charge in [-0.05, 0) is 24.3 Å². The van der Waals surface area contributed by atoms with Crippen molar-refractivity contribution < 1.29 is 8.96 Å². The van der Waals surface area contributed by atoms with Gasteiger partial charge in [0.2, 0.25) is 0 Å². The molecular weight excluding hydrogens is 307 g/mol. The van der Waals surface area contributed by atoms with Gasteiger partial charge in [-0.25, -0.2) is 13.9 Å². The number of fused-ring (bicyclic) bond motifs is 1. The van der Waals surface area contributed by atoms with Crippen molar-refractivity contribution in [1.29, 1.82) is 0 Å². The van der Waals surface area contributed by atoms with E-state index >= 15 is 0 Å². The fraction of sp³-hybridized carbons (Fsp3) is 0.0526. The molecule has 0 spiro atoms. The second kappa shape index (κ2) is 5.89. The SMILES string of the molecule is Fc1ccccc1C[n+]1ccc(-c2nc3ccccc3s2)cc1. The average Bonchev–Trinajstić information content (AvgIpc) is 3.02. The Morgan fingerprint density at radius 1 is 0.913 bits per heavy atom. The molecule has 4 heteroatoms. The van der Waals surface area contributed by atoms with E-state index in [2.05, 4.69) is 11.1 Å². The van der Waals surface area contributed by atoms with Crippen molar-refractivity contribution in [3.8, 4) is 10.6 Å². The van der Waals surface area contributed by atoms with Gasteiger partial charge >= 0.3 is 0 Å². The molecular formula is C19H14FN2S+. The number of pyridine rings is 1. The molecule has 2 aromatic carbocycles. The van der Waals surface area contributed by atoms with E-state index in [1.54, 1.807) is 17.4 Å². The molecule has 0 aliphatic carbocycles. The van der Waals surface area contributed by atoms with Gasteiger partial charge < -0.3 is 0 Å². The fourth-order valence-electron chi connectivity index (χ4n) is 2.52. The first-order chi connectivity index (χ1) is 11.3. The van der Waals surface area contributed by atoms with Crippen LogP contribution in [-0.4, -0.2) is 4.98 Å². The summed E-state index contributed by atoms with van der Waals surface area (Å²) in [6, 6.07) is 19.0. The first-order valence-corrected chi connectivity index (χ1v) is 8.20. The first kappa shape index (κ1) is 14.0. The maximum absolute atomic E-state index is 13.7. The maximum Gasteiger partial charge on any atom is 0.176 e. The van der Waals surface area contributed by atoms with E-state index in [1.165, 1.54) is 10.8 Å². The van der Waals surface area contributed by atoms with Crippen molar-refractivity contribution in [3.05, 3.63) is 84.4 Å². The van der Waals surface area contributed by atoms with Gasteiger partial charge in [-0.2, -0.15) is 0 Å². The largest absolute Gasteiger partial charge is 0.236 e. The molecule has 0 unspecified atom stereocenters. The summed E-state index contributed by atoms with van der Waals surface area (Å²) in [5, 5.41) is 1.00. The first-order valence-electron chi connectivity index (χ1n) is 7.38. The normalized spacial score (nSPS) is 11.0. The molecule has 0 atom stereocenters. The lowest BCUT2D eigenvalue weighted by atomic mass is 10.2. The minimum atomic E-state index is -0.171. The zero-order chi connectivity index (χ0) is 15.6. The van der Waals surface area contributed by atoms with Crippen molar-refractivity contribution in [2.75, 3.05) is 0 Å². The molecule has 4 aromatic rings. The molecule has 2 aromatic heterocycles. The van der Waals surface area contributed by atoms with Crippen LogP contribution in [0.2, 0.25) is 0 Å². The highest BCUT2D eigenvalue weighted by Gasteiger charge is 2.10. The standard InChI is InChI=1S/C19H14FN2S/c20-16-6-2-1-5-15(16)13-22-11-9-14(10-12-22)19-21-17-7-3-4-8-18(17)23-19/h1-12H,13H2/q+1. The topological polar surface area (TPSA) is 16.8 Å². The average molecular weight is 321 g/mol. The summed E-state index contributed by atoms with van der Waals surface area (Å²) in [5.41, 5.74) is 2.79. The maximum atomic E-state index is 13.7. The van der Waals surface area contributed by atoms with Crippen LogP contribution >= 0.6 is 11.3 Å². The van der Waals surface area contributed by atoms with E-state index in [9.17, 15) is 4.39 Å². The minimum absolute atomic E-state index is 0.171. The highest BCUT2D eigenvalue weighted by Crippen LogP contribution is 2.29. The third-order valence-electron chi connectivity index (χ3n) is 3.74. The Kier molecular flexibility index (Phi) is 3.60. The van der Waals surface area contributed by atoms with Crippen LogP contribution < -0.4 is 4.57 Å². The van der Waals surface area contributed by atoms with Crippen molar-refractivity contribution >= 4 is 21.6 Å². The summed E-state index contributed by atoms with van der Waals surface area (Å²) in [6.45, 7) is 0.521. The molecule has 0 amide bonds. The van der Waals surface area contributed by atoms with Crippen molar-refractivity contribution in [2.45, 2.75) is 6.54 Å². The lowest BCUT2D eigenvalue weighted by Gasteiger charge is -2.00. The van der Waals surface area contributed by atoms with Crippen molar-refractivity contribution in [3.63, 3.8) is 0 Å². The molecule has 0 fully saturated rings. The van der Waals surface area contributed by atoms with Gasteiger partial charge in [0.25, 0.3) is 0 Å². The second-order valence-electron chi connectivity index (χ2n) is 5.34. The Morgan fingerprint density at radius 2 is 1.65 bits per heavy atom. The summed E-state index contributed by atoms with van der Waals surface area (Å²) < 4.78 is 16.9. The van der Waals surface area contributed by atoms with Gasteiger partial charge in [0, 0.05) is 17.7 Å². The number of nitrogens with zero attached hydrogens (tertiary/aromatic N) is 2. The lowest BCUT2D eigenvalue weighted by molar-refractivity contribution is -0.688. The molecule has 0 saturated heterocycles. The lowest BCUT2D eigenvalue weighted by Crippen LogP contribution is -2.33. The third-order valence-corrected chi connectivity index (χ3v) is 4.83. The van der Waals surface area contributed by atoms with Crippen LogP contribution in [0.5, 0.6) is 0 Å². The van der Waals surface area contributed by atoms with Gasteiger partial charge in [-0.1, -0.05) is 24.3 Å². The smallest absolute Gasteiger partial charge is 0.176 e. The molecule has 2 nitrogen and oxygen atoms in total. The molecule has 0 N–H and O–H groups in total. The number of benzene rings is 2. The van der Waals surface area contributed by atoms with E-state index in [4.69, 9.17) is 0 Å². The Hall–Kier alpha value is -2.59. The summed E-state index contributed by atoms with van der Waals surface area (Å²) in [5.74, 6) is -0.171. The van der Waals surface area contributed by atoms with Crippen molar-refractivity contribution in [2.24, 2.45) is 0 Å². The van der Waals surface area contributed by atoms with Gasteiger partial charge in [-0.15, -0.1) is 11.3 Å². The quantitative estimate of drug-likeness (QED) is 0.510. The Balaban J connectivity index is 1.61. The van der Waals surface area contributed by atoms with E-state index < -0.39 is 0 Å². The van der Waals surface area contributed by atoms with Crippen LogP contribution in [0.15, 0.2) is 73.1 Å². The minimum Gasteiger partial charge on any atom is -0.236 e. The van der Waals surface area contributed by atoms with E-state index in [-0.39, 0.29) is 5.82 Å². The molecule has 4 rings (SSSR count). The predicted molar refractivity (Wildman–Crippen MR) is 90.8 cm³/mol. The zero-order valence-corrected chi connectivity index (χ0v) is 13.1. The highest BCUT2D eigenvalue weighted by atomic mass is 32.1. The van der Waals surface area contributed by atoms with Crippen LogP contribution in [-0.2, 0) is 6.54 Å². The second-order valence-corrected chi connectivity index (χ2v) is 6.37. The number of halogens is 1. The molecule has 0 saturated carbocycles. The van der Waals surface area contributed by atoms with Crippen LogP contribution in [0.3, 0.4) is 0 Å². The Bertz CT molecular complexity index is 927. The Labute approximate surface area is 137 Å². The van der Waals surface area contributed by atoms with Crippen LogP contribution in [0.25, 0.3) is 20.8 Å². The van der Waals surface area contributed by atoms with E-state index in [1.807, 2.05) is 59.4 Å².